The first-order valence-corrected chi connectivity index (χ1v) is 5.89. The highest BCUT2D eigenvalue weighted by Gasteiger charge is 2.01. The molecule has 0 saturated carbocycles. The van der Waals surface area contributed by atoms with Crippen molar-refractivity contribution in [2.45, 2.75) is 52.1 Å². The van der Waals surface area contributed by atoms with E-state index in [9.17, 15) is 0 Å². The molecule has 1 aromatic rings. The summed E-state index contributed by atoms with van der Waals surface area (Å²) in [5.41, 5.74) is 0. The Morgan fingerprint density at radius 3 is 2.80 bits per heavy atom. The van der Waals surface area contributed by atoms with Crippen LogP contribution in [-0.4, -0.2) is 21.8 Å². The van der Waals surface area contributed by atoms with Gasteiger partial charge in [-0.2, -0.15) is 5.10 Å². The molecule has 0 unspecified atom stereocenters. The van der Waals surface area contributed by atoms with Crippen molar-refractivity contribution < 1.29 is 0 Å². The zero-order valence-corrected chi connectivity index (χ0v) is 9.87. The highest BCUT2D eigenvalue weighted by Crippen LogP contribution is 2.04. The smallest absolute Gasteiger partial charge is 0.140 e. The zero-order valence-electron chi connectivity index (χ0n) is 9.87. The van der Waals surface area contributed by atoms with E-state index in [4.69, 9.17) is 0 Å². The van der Waals surface area contributed by atoms with Crippen molar-refractivity contribution in [2.75, 3.05) is 7.05 Å². The van der Waals surface area contributed by atoms with Gasteiger partial charge in [0.25, 0.3) is 0 Å². The van der Waals surface area contributed by atoms with Gasteiger partial charge >= 0.3 is 0 Å². The molecular formula is C11H22N4. The highest BCUT2D eigenvalue weighted by atomic mass is 15.3. The van der Waals surface area contributed by atoms with E-state index in [2.05, 4.69) is 22.3 Å². The molecule has 0 aliphatic rings. The van der Waals surface area contributed by atoms with Crippen LogP contribution in [0.15, 0.2) is 6.33 Å². The van der Waals surface area contributed by atoms with Crippen molar-refractivity contribution in [1.82, 2.24) is 20.1 Å². The quantitative estimate of drug-likeness (QED) is 0.667. The van der Waals surface area contributed by atoms with E-state index in [0.29, 0.717) is 0 Å². The van der Waals surface area contributed by atoms with Gasteiger partial charge in [-0.15, -0.1) is 0 Å². The summed E-state index contributed by atoms with van der Waals surface area (Å²) < 4.78 is 2.00. The molecule has 0 aromatic carbocycles. The van der Waals surface area contributed by atoms with Gasteiger partial charge < -0.3 is 5.32 Å². The molecule has 0 bridgehead atoms. The number of nitrogens with zero attached hydrogens (tertiary/aromatic N) is 3. The Bertz CT molecular complexity index is 257. The largest absolute Gasteiger partial charge is 0.313 e. The van der Waals surface area contributed by atoms with Crippen molar-refractivity contribution in [3.8, 4) is 0 Å². The van der Waals surface area contributed by atoms with Crippen molar-refractivity contribution >= 4 is 0 Å². The van der Waals surface area contributed by atoms with Crippen LogP contribution in [0.5, 0.6) is 0 Å². The van der Waals surface area contributed by atoms with Gasteiger partial charge in [0.15, 0.2) is 0 Å². The molecule has 0 saturated heterocycles. The monoisotopic (exact) mass is 210 g/mol. The maximum absolute atomic E-state index is 4.22. The second-order valence-electron chi connectivity index (χ2n) is 3.84. The van der Waals surface area contributed by atoms with Crippen LogP contribution in [0.1, 0.15) is 44.9 Å². The Morgan fingerprint density at radius 2 is 2.07 bits per heavy atom. The Hall–Kier alpha value is -0.900. The average molecular weight is 210 g/mol. The van der Waals surface area contributed by atoms with Gasteiger partial charge in [-0.25, -0.2) is 9.67 Å². The molecule has 0 spiro atoms. The van der Waals surface area contributed by atoms with E-state index >= 15 is 0 Å². The third-order valence-corrected chi connectivity index (χ3v) is 2.50. The van der Waals surface area contributed by atoms with E-state index in [1.807, 2.05) is 11.7 Å². The van der Waals surface area contributed by atoms with Crippen LogP contribution in [-0.2, 0) is 13.1 Å². The number of unbranched alkanes of at least 4 members (excludes halogenated alkanes) is 4. The highest BCUT2D eigenvalue weighted by molar-refractivity contribution is 4.82. The molecule has 0 amide bonds. The summed E-state index contributed by atoms with van der Waals surface area (Å²) >= 11 is 0. The molecule has 4 heteroatoms. The Balaban J connectivity index is 2.21. The van der Waals surface area contributed by atoms with Gasteiger partial charge in [0, 0.05) is 6.54 Å². The first-order chi connectivity index (χ1) is 7.38. The fraction of sp³-hybridized carbons (Fsp3) is 0.818. The van der Waals surface area contributed by atoms with Crippen LogP contribution in [0.25, 0.3) is 0 Å². The summed E-state index contributed by atoms with van der Waals surface area (Å²) in [4.78, 5) is 4.21. The maximum Gasteiger partial charge on any atom is 0.140 e. The topological polar surface area (TPSA) is 42.7 Å². The van der Waals surface area contributed by atoms with Crippen LogP contribution in [0.3, 0.4) is 0 Å². The summed E-state index contributed by atoms with van der Waals surface area (Å²) in [5, 5.41) is 7.32. The molecule has 1 rings (SSSR count). The summed E-state index contributed by atoms with van der Waals surface area (Å²) in [6.45, 7) is 4.04. The van der Waals surface area contributed by atoms with Crippen molar-refractivity contribution in [3.63, 3.8) is 0 Å². The number of hydrogen-bond acceptors (Lipinski definition) is 3. The van der Waals surface area contributed by atoms with Crippen molar-refractivity contribution in [2.24, 2.45) is 0 Å². The summed E-state index contributed by atoms with van der Waals surface area (Å²) in [5.74, 6) is 1.04. The number of aryl methyl sites for hydroxylation is 1. The van der Waals surface area contributed by atoms with Crippen LogP contribution in [0, 0.1) is 0 Å². The van der Waals surface area contributed by atoms with Gasteiger partial charge in [-0.1, -0.05) is 32.6 Å². The number of hydrogen-bond donors (Lipinski definition) is 1. The maximum atomic E-state index is 4.22. The molecule has 86 valence electrons. The van der Waals surface area contributed by atoms with Gasteiger partial charge in [0.05, 0.1) is 6.54 Å². The lowest BCUT2D eigenvalue weighted by Crippen LogP contribution is -2.13. The van der Waals surface area contributed by atoms with Gasteiger partial charge in [-0.3, -0.25) is 0 Å². The predicted octanol–water partition coefficient (Wildman–Crippen LogP) is 1.97. The Labute approximate surface area is 92.1 Å². The lowest BCUT2D eigenvalue weighted by molar-refractivity contribution is 0.509. The molecule has 1 N–H and O–H groups in total. The molecule has 0 aliphatic heterocycles. The van der Waals surface area contributed by atoms with Crippen LogP contribution >= 0.6 is 0 Å². The van der Waals surface area contributed by atoms with E-state index in [-0.39, 0.29) is 0 Å². The second kappa shape index (κ2) is 7.40. The van der Waals surface area contributed by atoms with E-state index in [0.717, 1.165) is 18.9 Å². The first kappa shape index (κ1) is 12.2. The van der Waals surface area contributed by atoms with Gasteiger partial charge in [0.1, 0.15) is 12.2 Å². The minimum Gasteiger partial charge on any atom is -0.313 e. The molecule has 1 aromatic heterocycles. The third-order valence-electron chi connectivity index (χ3n) is 2.50. The molecular weight excluding hydrogens is 188 g/mol. The zero-order chi connectivity index (χ0) is 10.9. The van der Waals surface area contributed by atoms with E-state index in [1.165, 1.54) is 32.1 Å². The number of rotatable bonds is 8. The predicted molar refractivity (Wildman–Crippen MR) is 61.5 cm³/mol. The fourth-order valence-corrected chi connectivity index (χ4v) is 1.64. The third kappa shape index (κ3) is 4.42. The number of aromatic nitrogens is 3. The van der Waals surface area contributed by atoms with E-state index < -0.39 is 0 Å². The van der Waals surface area contributed by atoms with E-state index in [1.54, 1.807) is 6.33 Å². The Kier molecular flexibility index (Phi) is 6.00. The summed E-state index contributed by atoms with van der Waals surface area (Å²) in [6, 6.07) is 0. The molecule has 0 aliphatic carbocycles. The van der Waals surface area contributed by atoms with Crippen LogP contribution in [0.4, 0.5) is 0 Å². The second-order valence-corrected chi connectivity index (χ2v) is 3.84. The molecule has 15 heavy (non-hydrogen) atoms. The minimum absolute atomic E-state index is 0.801. The van der Waals surface area contributed by atoms with Gasteiger partial charge in [-0.05, 0) is 13.5 Å². The van der Waals surface area contributed by atoms with Gasteiger partial charge in [0.2, 0.25) is 0 Å². The standard InChI is InChI=1S/C11H22N4/c1-3-4-5-6-7-8-15-11(9-12-2)13-10-14-15/h10,12H,3-9H2,1-2H3. The minimum atomic E-state index is 0.801. The van der Waals surface area contributed by atoms with Crippen molar-refractivity contribution in [1.29, 1.82) is 0 Å². The lowest BCUT2D eigenvalue weighted by Gasteiger charge is -2.05. The molecule has 4 nitrogen and oxygen atoms in total. The summed E-state index contributed by atoms with van der Waals surface area (Å²) in [6.07, 6.45) is 8.13. The molecule has 0 atom stereocenters. The normalized spacial score (nSPS) is 10.8. The Morgan fingerprint density at radius 1 is 1.27 bits per heavy atom. The number of nitrogens with one attached hydrogen (secondary N) is 1. The molecule has 0 fully saturated rings. The van der Waals surface area contributed by atoms with Crippen molar-refractivity contribution in [3.05, 3.63) is 12.2 Å². The SMILES string of the molecule is CCCCCCCn1ncnc1CNC. The molecule has 0 radical (unpaired) electrons. The summed E-state index contributed by atoms with van der Waals surface area (Å²) in [7, 11) is 1.93. The fourth-order valence-electron chi connectivity index (χ4n) is 1.64. The first-order valence-electron chi connectivity index (χ1n) is 5.89. The average Bonchev–Trinajstić information content (AvgIpc) is 2.66. The van der Waals surface area contributed by atoms with Crippen LogP contribution < -0.4 is 5.32 Å². The van der Waals surface area contributed by atoms with Crippen LogP contribution in [0.2, 0.25) is 0 Å². The lowest BCUT2D eigenvalue weighted by atomic mass is 10.1. The molecule has 1 heterocycles.